The number of nitrogens with one attached hydrogen (secondary N) is 1. The lowest BCUT2D eigenvalue weighted by Gasteiger charge is -2.24. The minimum atomic E-state index is 0.142. The minimum Gasteiger partial charge on any atom is -0.493 e. The van der Waals surface area contributed by atoms with Gasteiger partial charge in [0.05, 0.1) is 26.0 Å². The number of rotatable bonds is 5. The van der Waals surface area contributed by atoms with Crippen LogP contribution in [0.1, 0.15) is 41.3 Å². The fraction of sp³-hybridized carbons (Fsp3) is 0.500. The van der Waals surface area contributed by atoms with Crippen LogP contribution in [0.2, 0.25) is 0 Å². The maximum absolute atomic E-state index is 9.15. The lowest BCUT2D eigenvalue weighted by atomic mass is 9.92. The molecular formula is C18H23N3O2. The Hall–Kier alpha value is -1.85. The van der Waals surface area contributed by atoms with Gasteiger partial charge in [0.2, 0.25) is 0 Å². The second-order valence-corrected chi connectivity index (χ2v) is 6.36. The molecule has 1 aliphatic heterocycles. The maximum atomic E-state index is 9.15. The normalized spacial score (nSPS) is 19.3. The van der Waals surface area contributed by atoms with E-state index < -0.39 is 0 Å². The van der Waals surface area contributed by atoms with E-state index in [1.54, 1.807) is 0 Å². The van der Waals surface area contributed by atoms with Gasteiger partial charge in [0, 0.05) is 30.3 Å². The van der Waals surface area contributed by atoms with Crippen molar-refractivity contribution in [2.24, 2.45) is 0 Å². The van der Waals surface area contributed by atoms with Crippen molar-refractivity contribution in [3.05, 3.63) is 46.8 Å². The van der Waals surface area contributed by atoms with Crippen LogP contribution >= 0.6 is 0 Å². The Morgan fingerprint density at radius 3 is 3.22 bits per heavy atom. The fourth-order valence-corrected chi connectivity index (χ4v) is 3.71. The van der Waals surface area contributed by atoms with Gasteiger partial charge in [-0.3, -0.25) is 4.68 Å². The Labute approximate surface area is 136 Å². The zero-order valence-electron chi connectivity index (χ0n) is 13.3. The molecule has 2 heterocycles. The maximum Gasteiger partial charge on any atom is 0.122 e. The molecule has 5 nitrogen and oxygen atoms in total. The predicted molar refractivity (Wildman–Crippen MR) is 87.5 cm³/mol. The highest BCUT2D eigenvalue weighted by atomic mass is 16.5. The first kappa shape index (κ1) is 14.7. The smallest absolute Gasteiger partial charge is 0.122 e. The van der Waals surface area contributed by atoms with Gasteiger partial charge in [0.25, 0.3) is 0 Å². The summed E-state index contributed by atoms with van der Waals surface area (Å²) in [6, 6.07) is 6.85. The average Bonchev–Trinajstić information content (AvgIpc) is 3.20. The summed E-state index contributed by atoms with van der Waals surface area (Å²) in [4.78, 5) is 0. The number of aliphatic hydroxyl groups excluding tert-OH is 1. The van der Waals surface area contributed by atoms with Crippen LogP contribution in [0.15, 0.2) is 24.4 Å². The third-order valence-corrected chi connectivity index (χ3v) is 4.88. The van der Waals surface area contributed by atoms with E-state index in [-0.39, 0.29) is 6.61 Å². The molecule has 1 aromatic carbocycles. The molecule has 0 radical (unpaired) electrons. The van der Waals surface area contributed by atoms with Crippen molar-refractivity contribution >= 4 is 0 Å². The number of fused-ring (bicyclic) bond motifs is 2. The topological polar surface area (TPSA) is 59.3 Å². The van der Waals surface area contributed by atoms with Crippen molar-refractivity contribution < 1.29 is 9.84 Å². The van der Waals surface area contributed by atoms with E-state index in [0.717, 1.165) is 38.2 Å². The van der Waals surface area contributed by atoms with E-state index in [1.807, 2.05) is 10.9 Å². The first-order chi connectivity index (χ1) is 11.3. The van der Waals surface area contributed by atoms with Gasteiger partial charge in [0.1, 0.15) is 5.75 Å². The lowest BCUT2D eigenvalue weighted by molar-refractivity contribution is 0.266. The molecule has 0 fully saturated rings. The summed E-state index contributed by atoms with van der Waals surface area (Å²) >= 11 is 0. The monoisotopic (exact) mass is 313 g/mol. The van der Waals surface area contributed by atoms with Crippen LogP contribution in [-0.4, -0.2) is 28.1 Å². The van der Waals surface area contributed by atoms with E-state index in [9.17, 15) is 0 Å². The molecule has 1 aromatic heterocycles. The minimum absolute atomic E-state index is 0.142. The molecule has 23 heavy (non-hydrogen) atoms. The number of aliphatic hydroxyl groups is 1. The Morgan fingerprint density at radius 2 is 2.30 bits per heavy atom. The largest absolute Gasteiger partial charge is 0.493 e. The van der Waals surface area contributed by atoms with Gasteiger partial charge in [-0.1, -0.05) is 12.1 Å². The molecule has 4 rings (SSSR count). The molecule has 5 heteroatoms. The van der Waals surface area contributed by atoms with Crippen LogP contribution < -0.4 is 10.1 Å². The van der Waals surface area contributed by atoms with Crippen LogP contribution in [0.25, 0.3) is 0 Å². The lowest BCUT2D eigenvalue weighted by Crippen LogP contribution is -2.25. The number of hydrogen-bond donors (Lipinski definition) is 2. The van der Waals surface area contributed by atoms with E-state index in [1.165, 1.54) is 28.8 Å². The highest BCUT2D eigenvalue weighted by molar-refractivity contribution is 5.39. The van der Waals surface area contributed by atoms with Crippen LogP contribution in [0, 0.1) is 0 Å². The quantitative estimate of drug-likeness (QED) is 0.886. The van der Waals surface area contributed by atoms with Crippen molar-refractivity contribution in [1.29, 1.82) is 0 Å². The first-order valence-corrected chi connectivity index (χ1v) is 8.48. The van der Waals surface area contributed by atoms with Crippen molar-refractivity contribution in [1.82, 2.24) is 15.1 Å². The zero-order valence-corrected chi connectivity index (χ0v) is 13.3. The van der Waals surface area contributed by atoms with E-state index in [0.29, 0.717) is 12.6 Å². The number of nitrogens with zero attached hydrogens (tertiary/aromatic N) is 2. The predicted octanol–water partition coefficient (Wildman–Crippen LogP) is 1.98. The number of ether oxygens (including phenoxy) is 1. The molecule has 1 atom stereocenters. The summed E-state index contributed by atoms with van der Waals surface area (Å²) in [7, 11) is 0. The van der Waals surface area contributed by atoms with Crippen LogP contribution in [0.5, 0.6) is 5.75 Å². The Kier molecular flexibility index (Phi) is 4.06. The molecule has 1 aliphatic carbocycles. The summed E-state index contributed by atoms with van der Waals surface area (Å²) < 4.78 is 7.52. The van der Waals surface area contributed by atoms with E-state index >= 15 is 0 Å². The van der Waals surface area contributed by atoms with Gasteiger partial charge >= 0.3 is 0 Å². The fourth-order valence-electron chi connectivity index (χ4n) is 3.71. The van der Waals surface area contributed by atoms with Crippen LogP contribution in [0.3, 0.4) is 0 Å². The van der Waals surface area contributed by atoms with E-state index in [4.69, 9.17) is 9.84 Å². The standard InChI is InChI=1S/C18H23N3O2/c22-8-7-21-17-3-1-2-16(15(17)12-20-21)19-11-13-4-5-18-14(10-13)6-9-23-18/h4-5,10,12,16,19,22H,1-3,6-9,11H2. The molecular weight excluding hydrogens is 290 g/mol. The second kappa shape index (κ2) is 6.34. The highest BCUT2D eigenvalue weighted by Gasteiger charge is 2.23. The third-order valence-electron chi connectivity index (χ3n) is 4.88. The van der Waals surface area contributed by atoms with Gasteiger partial charge < -0.3 is 15.2 Å². The second-order valence-electron chi connectivity index (χ2n) is 6.36. The Morgan fingerprint density at radius 1 is 1.35 bits per heavy atom. The van der Waals surface area contributed by atoms with Crippen molar-refractivity contribution in [3.8, 4) is 5.75 Å². The first-order valence-electron chi connectivity index (χ1n) is 8.48. The summed E-state index contributed by atoms with van der Waals surface area (Å²) in [5.74, 6) is 1.04. The van der Waals surface area contributed by atoms with Crippen LogP contribution in [-0.2, 0) is 25.9 Å². The van der Waals surface area contributed by atoms with Gasteiger partial charge in [-0.05, 0) is 36.5 Å². The Bertz CT molecular complexity index is 696. The number of hydrogen-bond acceptors (Lipinski definition) is 4. The van der Waals surface area contributed by atoms with Crippen LogP contribution in [0.4, 0.5) is 0 Å². The van der Waals surface area contributed by atoms with Gasteiger partial charge in [-0.2, -0.15) is 5.10 Å². The molecule has 2 aromatic rings. The molecule has 122 valence electrons. The number of aromatic nitrogens is 2. The SMILES string of the molecule is OCCn1ncc2c1CCCC2NCc1ccc2c(c1)CCO2. The number of benzene rings is 1. The molecule has 2 N–H and O–H groups in total. The van der Waals surface area contributed by atoms with Crippen molar-refractivity contribution in [2.75, 3.05) is 13.2 Å². The van der Waals surface area contributed by atoms with Gasteiger partial charge in [-0.15, -0.1) is 0 Å². The van der Waals surface area contributed by atoms with Gasteiger partial charge in [-0.25, -0.2) is 0 Å². The zero-order chi connectivity index (χ0) is 15.6. The summed E-state index contributed by atoms with van der Waals surface area (Å²) in [5, 5.41) is 17.3. The molecule has 0 saturated heterocycles. The summed E-state index contributed by atoms with van der Waals surface area (Å²) in [6.07, 6.45) is 6.36. The molecule has 1 unspecified atom stereocenters. The molecule has 0 spiro atoms. The molecule has 0 amide bonds. The molecule has 0 bridgehead atoms. The molecule has 0 saturated carbocycles. The van der Waals surface area contributed by atoms with Gasteiger partial charge in [0.15, 0.2) is 0 Å². The van der Waals surface area contributed by atoms with Crippen molar-refractivity contribution in [3.63, 3.8) is 0 Å². The third kappa shape index (κ3) is 2.86. The summed E-state index contributed by atoms with van der Waals surface area (Å²) in [5.41, 5.74) is 5.22. The summed E-state index contributed by atoms with van der Waals surface area (Å²) in [6.45, 7) is 2.40. The van der Waals surface area contributed by atoms with E-state index in [2.05, 4.69) is 28.6 Å². The highest BCUT2D eigenvalue weighted by Crippen LogP contribution is 2.30. The van der Waals surface area contributed by atoms with Crippen molar-refractivity contribution in [2.45, 2.75) is 44.8 Å². The average molecular weight is 313 g/mol. The molecule has 2 aliphatic rings. The Balaban J connectivity index is 1.46.